The summed E-state index contributed by atoms with van der Waals surface area (Å²) in [6.07, 6.45) is 1.11. The number of aliphatic carboxylic acids is 1. The number of benzene rings is 1. The number of amides is 1. The van der Waals surface area contributed by atoms with Crippen LogP contribution in [0.25, 0.3) is 11.3 Å². The van der Waals surface area contributed by atoms with Crippen molar-refractivity contribution < 1.29 is 23.8 Å². The van der Waals surface area contributed by atoms with Crippen molar-refractivity contribution in [1.29, 1.82) is 0 Å². The third kappa shape index (κ3) is 3.97. The summed E-state index contributed by atoms with van der Waals surface area (Å²) in [7, 11) is 1.48. The SMILES string of the molecule is COCC1(C(=O)O)CCCN(C(=O)c2ccc(-c3cccc(C(C)C)c3)o2)C1. The third-order valence-electron chi connectivity index (χ3n) is 5.39. The molecule has 1 aromatic heterocycles. The van der Waals surface area contributed by atoms with E-state index in [4.69, 9.17) is 9.15 Å². The fraction of sp³-hybridized carbons (Fsp3) is 0.455. The van der Waals surface area contributed by atoms with E-state index < -0.39 is 11.4 Å². The minimum absolute atomic E-state index is 0.0809. The van der Waals surface area contributed by atoms with E-state index in [1.807, 2.05) is 12.1 Å². The molecule has 1 aromatic carbocycles. The summed E-state index contributed by atoms with van der Waals surface area (Å²) in [6.45, 7) is 4.96. The maximum Gasteiger partial charge on any atom is 0.313 e. The van der Waals surface area contributed by atoms with Gasteiger partial charge >= 0.3 is 5.97 Å². The van der Waals surface area contributed by atoms with Gasteiger partial charge in [-0.05, 0) is 42.5 Å². The number of furan rings is 1. The van der Waals surface area contributed by atoms with Gasteiger partial charge in [0.1, 0.15) is 11.2 Å². The lowest BCUT2D eigenvalue weighted by molar-refractivity contribution is -0.155. The van der Waals surface area contributed by atoms with Crippen molar-refractivity contribution >= 4 is 11.9 Å². The van der Waals surface area contributed by atoms with Crippen molar-refractivity contribution in [2.45, 2.75) is 32.6 Å². The predicted octanol–water partition coefficient (Wildman–Crippen LogP) is 4.02. The molecular weight excluding hydrogens is 358 g/mol. The zero-order valence-corrected chi connectivity index (χ0v) is 16.6. The Labute approximate surface area is 165 Å². The predicted molar refractivity (Wildman–Crippen MR) is 105 cm³/mol. The lowest BCUT2D eigenvalue weighted by Gasteiger charge is -2.39. The van der Waals surface area contributed by atoms with Crippen LogP contribution in [0.4, 0.5) is 0 Å². The van der Waals surface area contributed by atoms with Crippen LogP contribution in [0, 0.1) is 5.41 Å². The van der Waals surface area contributed by atoms with Gasteiger partial charge in [-0.25, -0.2) is 0 Å². The van der Waals surface area contributed by atoms with Gasteiger partial charge in [0.25, 0.3) is 5.91 Å². The van der Waals surface area contributed by atoms with Gasteiger partial charge in [0.15, 0.2) is 5.76 Å². The molecule has 1 aliphatic rings. The number of hydrogen-bond donors (Lipinski definition) is 1. The van der Waals surface area contributed by atoms with E-state index in [0.717, 1.165) is 5.56 Å². The molecule has 1 fully saturated rings. The Kier molecular flexibility index (Phi) is 5.89. The highest BCUT2D eigenvalue weighted by molar-refractivity contribution is 5.92. The van der Waals surface area contributed by atoms with Gasteiger partial charge in [-0.2, -0.15) is 0 Å². The van der Waals surface area contributed by atoms with Crippen LogP contribution in [0.2, 0.25) is 0 Å². The number of carbonyl (C=O) groups is 2. The molecule has 0 bridgehead atoms. The van der Waals surface area contributed by atoms with E-state index in [-0.39, 0.29) is 24.8 Å². The van der Waals surface area contributed by atoms with Gasteiger partial charge in [-0.15, -0.1) is 0 Å². The highest BCUT2D eigenvalue weighted by atomic mass is 16.5. The molecule has 0 aliphatic carbocycles. The number of likely N-dealkylation sites (tertiary alicyclic amines) is 1. The van der Waals surface area contributed by atoms with Crippen molar-refractivity contribution in [1.82, 2.24) is 4.90 Å². The normalized spacial score (nSPS) is 19.8. The molecule has 1 amide bonds. The average molecular weight is 385 g/mol. The summed E-state index contributed by atoms with van der Waals surface area (Å²) >= 11 is 0. The van der Waals surface area contributed by atoms with Crippen LogP contribution < -0.4 is 0 Å². The molecular formula is C22H27NO5. The fourth-order valence-electron chi connectivity index (χ4n) is 3.75. The van der Waals surface area contributed by atoms with E-state index in [1.54, 1.807) is 17.0 Å². The molecule has 6 heteroatoms. The van der Waals surface area contributed by atoms with E-state index in [0.29, 0.717) is 31.1 Å². The average Bonchev–Trinajstić information content (AvgIpc) is 3.18. The molecule has 28 heavy (non-hydrogen) atoms. The first-order valence-corrected chi connectivity index (χ1v) is 9.58. The van der Waals surface area contributed by atoms with Crippen LogP contribution in [0.3, 0.4) is 0 Å². The fourth-order valence-corrected chi connectivity index (χ4v) is 3.75. The number of piperidine rings is 1. The standard InChI is InChI=1S/C22H27NO5/c1-15(2)16-6-4-7-17(12-16)18-8-9-19(28-18)20(24)23-11-5-10-22(13-23,14-27-3)21(25)26/h4,6-9,12,15H,5,10-11,13-14H2,1-3H3,(H,25,26). The zero-order chi connectivity index (χ0) is 20.3. The lowest BCUT2D eigenvalue weighted by atomic mass is 9.80. The second-order valence-corrected chi connectivity index (χ2v) is 7.79. The van der Waals surface area contributed by atoms with Gasteiger partial charge in [0.05, 0.1) is 6.61 Å². The number of nitrogens with zero attached hydrogens (tertiary/aromatic N) is 1. The summed E-state index contributed by atoms with van der Waals surface area (Å²) < 4.78 is 11.0. The quantitative estimate of drug-likeness (QED) is 0.812. The van der Waals surface area contributed by atoms with Gasteiger partial charge in [0, 0.05) is 25.8 Å². The van der Waals surface area contributed by atoms with Crippen molar-refractivity contribution in [3.8, 4) is 11.3 Å². The molecule has 2 aromatic rings. The molecule has 150 valence electrons. The molecule has 2 heterocycles. The van der Waals surface area contributed by atoms with E-state index >= 15 is 0 Å². The third-order valence-corrected chi connectivity index (χ3v) is 5.39. The maximum absolute atomic E-state index is 12.9. The smallest absolute Gasteiger partial charge is 0.313 e. The Balaban J connectivity index is 1.80. The van der Waals surface area contributed by atoms with Crippen LogP contribution in [-0.4, -0.2) is 48.7 Å². The van der Waals surface area contributed by atoms with Gasteiger partial charge in [-0.1, -0.05) is 32.0 Å². The molecule has 1 aliphatic heterocycles. The van der Waals surface area contributed by atoms with E-state index in [2.05, 4.69) is 26.0 Å². The molecule has 1 atom stereocenters. The largest absolute Gasteiger partial charge is 0.481 e. The van der Waals surface area contributed by atoms with Gasteiger partial charge < -0.3 is 19.2 Å². The number of carbonyl (C=O) groups excluding carboxylic acids is 1. The number of methoxy groups -OCH3 is 1. The highest BCUT2D eigenvalue weighted by Crippen LogP contribution is 2.32. The van der Waals surface area contributed by atoms with E-state index in [1.165, 1.54) is 12.7 Å². The Bertz CT molecular complexity index is 852. The molecule has 6 nitrogen and oxygen atoms in total. The second-order valence-electron chi connectivity index (χ2n) is 7.79. The number of hydrogen-bond acceptors (Lipinski definition) is 4. The molecule has 0 radical (unpaired) electrons. The second kappa shape index (κ2) is 8.19. The number of ether oxygens (including phenoxy) is 1. The summed E-state index contributed by atoms with van der Waals surface area (Å²) in [5.41, 5.74) is 1.05. The topological polar surface area (TPSA) is 80.0 Å². The first kappa shape index (κ1) is 20.1. The van der Waals surface area contributed by atoms with Crippen LogP contribution >= 0.6 is 0 Å². The van der Waals surface area contributed by atoms with Crippen molar-refractivity contribution in [3.05, 3.63) is 47.7 Å². The minimum atomic E-state index is -1.07. The zero-order valence-electron chi connectivity index (χ0n) is 16.6. The van der Waals surface area contributed by atoms with Crippen LogP contribution in [-0.2, 0) is 9.53 Å². The van der Waals surface area contributed by atoms with Crippen LogP contribution in [0.15, 0.2) is 40.8 Å². The van der Waals surface area contributed by atoms with Crippen LogP contribution in [0.1, 0.15) is 48.7 Å². The first-order valence-electron chi connectivity index (χ1n) is 9.58. The first-order chi connectivity index (χ1) is 13.4. The Morgan fingerprint density at radius 1 is 1.29 bits per heavy atom. The summed E-state index contributed by atoms with van der Waals surface area (Å²) in [4.78, 5) is 26.3. The summed E-state index contributed by atoms with van der Waals surface area (Å²) in [5.74, 6) is 0.0345. The van der Waals surface area contributed by atoms with Gasteiger partial charge in [-0.3, -0.25) is 9.59 Å². The Morgan fingerprint density at radius 3 is 2.75 bits per heavy atom. The number of carboxylic acid groups (broad SMARTS) is 1. The number of carboxylic acids is 1. The number of rotatable bonds is 6. The maximum atomic E-state index is 12.9. The lowest BCUT2D eigenvalue weighted by Crippen LogP contribution is -2.52. The van der Waals surface area contributed by atoms with Crippen molar-refractivity contribution in [2.24, 2.45) is 5.41 Å². The van der Waals surface area contributed by atoms with Crippen molar-refractivity contribution in [2.75, 3.05) is 26.8 Å². The molecule has 1 saturated heterocycles. The Morgan fingerprint density at radius 2 is 2.07 bits per heavy atom. The summed E-state index contributed by atoms with van der Waals surface area (Å²) in [5, 5.41) is 9.67. The molecule has 1 unspecified atom stereocenters. The monoisotopic (exact) mass is 385 g/mol. The van der Waals surface area contributed by atoms with Crippen molar-refractivity contribution in [3.63, 3.8) is 0 Å². The Hall–Kier alpha value is -2.60. The highest BCUT2D eigenvalue weighted by Gasteiger charge is 2.44. The van der Waals surface area contributed by atoms with E-state index in [9.17, 15) is 14.7 Å². The molecule has 1 N–H and O–H groups in total. The molecule has 3 rings (SSSR count). The van der Waals surface area contributed by atoms with Gasteiger partial charge in [0.2, 0.25) is 0 Å². The molecule has 0 saturated carbocycles. The van der Waals surface area contributed by atoms with Crippen LogP contribution in [0.5, 0.6) is 0 Å². The minimum Gasteiger partial charge on any atom is -0.481 e. The summed E-state index contributed by atoms with van der Waals surface area (Å²) in [6, 6.07) is 11.5. The molecule has 0 spiro atoms.